The van der Waals surface area contributed by atoms with E-state index in [4.69, 9.17) is 10.5 Å². The molecule has 0 saturated heterocycles. The van der Waals surface area contributed by atoms with Crippen molar-refractivity contribution >= 4 is 6.02 Å². The van der Waals surface area contributed by atoms with Crippen molar-refractivity contribution in [3.8, 4) is 5.75 Å². The Labute approximate surface area is 130 Å². The Kier molecular flexibility index (Phi) is 3.46. The second kappa shape index (κ2) is 5.01. The summed E-state index contributed by atoms with van der Waals surface area (Å²) in [5.74, 6) is -6.53. The summed E-state index contributed by atoms with van der Waals surface area (Å²) in [4.78, 5) is 3.76. The molecule has 1 aromatic rings. The summed E-state index contributed by atoms with van der Waals surface area (Å²) in [6.45, 7) is 0.215. The molecule has 0 bridgehead atoms. The predicted octanol–water partition coefficient (Wildman–Crippen LogP) is 2.92. The molecule has 1 aromatic carbocycles. The number of nitrogens with zero attached hydrogens (tertiary/aromatic N) is 1. The highest BCUT2D eigenvalue weighted by Gasteiger charge is 2.57. The molecule has 23 heavy (non-hydrogen) atoms. The van der Waals surface area contributed by atoms with Crippen LogP contribution in [-0.4, -0.2) is 31.1 Å². The topological polar surface area (TPSA) is 56.8 Å². The molecule has 0 spiro atoms. The number of hydrogen-bond donors (Lipinski definition) is 1. The third-order valence-electron chi connectivity index (χ3n) is 4.25. The minimum absolute atomic E-state index is 0.155. The number of nitrogens with two attached hydrogens (primary N) is 1. The molecule has 8 heteroatoms. The van der Waals surface area contributed by atoms with E-state index in [0.29, 0.717) is 0 Å². The lowest BCUT2D eigenvalue weighted by Crippen LogP contribution is -2.50. The van der Waals surface area contributed by atoms with E-state index in [2.05, 4.69) is 9.73 Å². The molecular weight excluding hydrogens is 316 g/mol. The molecule has 2 N–H and O–H groups in total. The molecule has 126 valence electrons. The number of amidine groups is 1. The Bertz CT molecular complexity index is 650. The summed E-state index contributed by atoms with van der Waals surface area (Å²) in [5.41, 5.74) is 3.69. The molecular formula is C15H16F4N2O2. The normalized spacial score (nSPS) is 31.0. The molecule has 2 atom stereocenters. The highest BCUT2D eigenvalue weighted by Crippen LogP contribution is 2.49. The van der Waals surface area contributed by atoms with Crippen molar-refractivity contribution in [2.45, 2.75) is 30.7 Å². The van der Waals surface area contributed by atoms with Crippen LogP contribution >= 0.6 is 0 Å². The van der Waals surface area contributed by atoms with Crippen LogP contribution in [0.1, 0.15) is 18.9 Å². The minimum Gasteiger partial charge on any atom is -0.493 e. The third-order valence-corrected chi connectivity index (χ3v) is 4.25. The summed E-state index contributed by atoms with van der Waals surface area (Å²) >= 11 is 0. The van der Waals surface area contributed by atoms with Crippen LogP contribution in [0.15, 0.2) is 29.3 Å². The van der Waals surface area contributed by atoms with Gasteiger partial charge >= 0.3 is 5.92 Å². The molecule has 4 nitrogen and oxygen atoms in total. The van der Waals surface area contributed by atoms with Crippen LogP contribution in [0.4, 0.5) is 17.6 Å². The van der Waals surface area contributed by atoms with Gasteiger partial charge in [0.1, 0.15) is 5.75 Å². The molecule has 1 aliphatic heterocycles. The van der Waals surface area contributed by atoms with Gasteiger partial charge in [-0.25, -0.2) is 13.8 Å². The number of halogens is 4. The van der Waals surface area contributed by atoms with E-state index in [1.807, 2.05) is 0 Å². The maximum atomic E-state index is 14.2. The van der Waals surface area contributed by atoms with E-state index in [1.54, 1.807) is 0 Å². The maximum Gasteiger partial charge on any atom is 0.310 e. The molecule has 0 unspecified atom stereocenters. The summed E-state index contributed by atoms with van der Waals surface area (Å²) in [5, 5.41) is 0. The second-order valence-corrected chi connectivity index (χ2v) is 6.02. The van der Waals surface area contributed by atoms with E-state index in [-0.39, 0.29) is 30.4 Å². The highest BCUT2D eigenvalue weighted by atomic mass is 19.3. The zero-order valence-corrected chi connectivity index (χ0v) is 12.4. The lowest BCUT2D eigenvalue weighted by Gasteiger charge is -2.37. The number of hydrogen-bond acceptors (Lipinski definition) is 4. The number of ether oxygens (including phenoxy) is 2. The Morgan fingerprint density at radius 3 is 2.70 bits per heavy atom. The quantitative estimate of drug-likeness (QED) is 0.863. The van der Waals surface area contributed by atoms with E-state index in [9.17, 15) is 17.6 Å². The van der Waals surface area contributed by atoms with Crippen LogP contribution in [0, 0.1) is 5.92 Å². The Hall–Kier alpha value is -1.99. The van der Waals surface area contributed by atoms with Gasteiger partial charge in [0.05, 0.1) is 12.5 Å². The van der Waals surface area contributed by atoms with Crippen LogP contribution in [-0.2, 0) is 10.3 Å². The monoisotopic (exact) mass is 332 g/mol. The van der Waals surface area contributed by atoms with Crippen LogP contribution < -0.4 is 10.5 Å². The Balaban J connectivity index is 1.82. The molecule has 1 fully saturated rings. The van der Waals surface area contributed by atoms with Crippen molar-refractivity contribution in [2.75, 3.05) is 13.2 Å². The average Bonchev–Trinajstić information content (AvgIpc) is 3.09. The first kappa shape index (κ1) is 15.9. The molecule has 0 aromatic heterocycles. The van der Waals surface area contributed by atoms with Crippen molar-refractivity contribution in [2.24, 2.45) is 16.6 Å². The summed E-state index contributed by atoms with van der Waals surface area (Å²) in [6.07, 6.45) is -0.208. The first-order chi connectivity index (χ1) is 10.6. The van der Waals surface area contributed by atoms with Crippen molar-refractivity contribution in [3.05, 3.63) is 29.8 Å². The lowest BCUT2D eigenvalue weighted by atomic mass is 9.85. The Morgan fingerprint density at radius 2 is 2.04 bits per heavy atom. The third kappa shape index (κ3) is 2.82. The highest BCUT2D eigenvalue weighted by molar-refractivity contribution is 5.73. The van der Waals surface area contributed by atoms with E-state index < -0.39 is 29.9 Å². The van der Waals surface area contributed by atoms with Gasteiger partial charge in [0, 0.05) is 6.42 Å². The van der Waals surface area contributed by atoms with E-state index >= 15 is 0 Å². The maximum absolute atomic E-state index is 14.2. The van der Waals surface area contributed by atoms with Crippen LogP contribution in [0.3, 0.4) is 0 Å². The van der Waals surface area contributed by atoms with Gasteiger partial charge in [-0.15, -0.1) is 0 Å². The number of rotatable bonds is 4. The van der Waals surface area contributed by atoms with Gasteiger partial charge in [-0.2, -0.15) is 8.78 Å². The fourth-order valence-corrected chi connectivity index (χ4v) is 2.45. The molecule has 1 aliphatic carbocycles. The van der Waals surface area contributed by atoms with Crippen molar-refractivity contribution < 1.29 is 27.0 Å². The molecule has 0 radical (unpaired) electrons. The van der Waals surface area contributed by atoms with Gasteiger partial charge in [0.2, 0.25) is 0 Å². The number of alkyl halides is 4. The van der Waals surface area contributed by atoms with Gasteiger partial charge in [-0.3, -0.25) is 0 Å². The van der Waals surface area contributed by atoms with Gasteiger partial charge < -0.3 is 15.2 Å². The minimum atomic E-state index is -3.27. The van der Waals surface area contributed by atoms with E-state index in [0.717, 1.165) is 0 Å². The Morgan fingerprint density at radius 1 is 1.35 bits per heavy atom. The standard InChI is InChI=1S/C15H16F4N2O2/c1-13(15(18,19)8-23-12(20)21-13)9-3-2-4-11(5-9)22-7-10-6-14(10,16)17/h2-5,10H,6-8H2,1H3,(H2,20,21)/t10-,13-/m1/s1. The largest absolute Gasteiger partial charge is 0.493 e. The zero-order chi connectivity index (χ0) is 16.9. The molecule has 3 rings (SSSR count). The molecule has 0 amide bonds. The van der Waals surface area contributed by atoms with E-state index in [1.165, 1.54) is 31.2 Å². The lowest BCUT2D eigenvalue weighted by molar-refractivity contribution is -0.116. The van der Waals surface area contributed by atoms with Crippen LogP contribution in [0.25, 0.3) is 0 Å². The van der Waals surface area contributed by atoms with Gasteiger partial charge in [-0.05, 0) is 24.6 Å². The summed E-state index contributed by atoms with van der Waals surface area (Å²) in [6, 6.07) is 5.56. The fourth-order valence-electron chi connectivity index (χ4n) is 2.45. The number of aliphatic imine (C=N–C) groups is 1. The second-order valence-electron chi connectivity index (χ2n) is 6.02. The molecule has 2 aliphatic rings. The SMILES string of the molecule is C[C@]1(c2cccc(OC[C@H]3CC3(F)F)c2)N=C(N)OCC1(F)F. The predicted molar refractivity (Wildman–Crippen MR) is 74.9 cm³/mol. The molecule has 1 heterocycles. The first-order valence-electron chi connectivity index (χ1n) is 7.11. The van der Waals surface area contributed by atoms with Crippen molar-refractivity contribution in [1.82, 2.24) is 0 Å². The fraction of sp³-hybridized carbons (Fsp3) is 0.533. The summed E-state index contributed by atoms with van der Waals surface area (Å²) < 4.78 is 64.1. The zero-order valence-electron chi connectivity index (χ0n) is 12.4. The van der Waals surface area contributed by atoms with Gasteiger partial charge in [-0.1, -0.05) is 12.1 Å². The average molecular weight is 332 g/mol. The molecule has 1 saturated carbocycles. The smallest absolute Gasteiger partial charge is 0.310 e. The van der Waals surface area contributed by atoms with Crippen LogP contribution in [0.2, 0.25) is 0 Å². The van der Waals surface area contributed by atoms with Crippen molar-refractivity contribution in [1.29, 1.82) is 0 Å². The van der Waals surface area contributed by atoms with Crippen LogP contribution in [0.5, 0.6) is 5.75 Å². The van der Waals surface area contributed by atoms with Crippen molar-refractivity contribution in [3.63, 3.8) is 0 Å². The van der Waals surface area contributed by atoms with Gasteiger partial charge in [0.15, 0.2) is 12.1 Å². The summed E-state index contributed by atoms with van der Waals surface area (Å²) in [7, 11) is 0. The number of benzene rings is 1. The van der Waals surface area contributed by atoms with Gasteiger partial charge in [0.25, 0.3) is 11.9 Å². The first-order valence-corrected chi connectivity index (χ1v) is 7.11.